The summed E-state index contributed by atoms with van der Waals surface area (Å²) in [7, 11) is 1.32. The summed E-state index contributed by atoms with van der Waals surface area (Å²) in [5, 5.41) is 13.4. The molecule has 2 rings (SSSR count). The maximum atomic E-state index is 12.1. The molecule has 1 amide bonds. The summed E-state index contributed by atoms with van der Waals surface area (Å²) < 4.78 is 15.0. The van der Waals surface area contributed by atoms with Crippen LogP contribution in [0.4, 0.5) is 5.69 Å². The minimum absolute atomic E-state index is 0.111. The van der Waals surface area contributed by atoms with Gasteiger partial charge in [0.05, 0.1) is 24.3 Å². The molecule has 0 fully saturated rings. The van der Waals surface area contributed by atoms with Gasteiger partial charge in [0.15, 0.2) is 6.61 Å². The summed E-state index contributed by atoms with van der Waals surface area (Å²) in [4.78, 5) is 34.1. The first-order chi connectivity index (χ1) is 11.9. The highest BCUT2D eigenvalue weighted by molar-refractivity contribution is 5.94. The third-order valence-corrected chi connectivity index (χ3v) is 3.30. The Kier molecular flexibility index (Phi) is 5.72. The summed E-state index contributed by atoms with van der Waals surface area (Å²) in [5.74, 6) is -0.775. The Balaban J connectivity index is 1.98. The molecule has 2 aromatic rings. The van der Waals surface area contributed by atoms with E-state index in [1.807, 2.05) is 0 Å². The molecule has 0 aliphatic carbocycles. The van der Waals surface area contributed by atoms with Crippen molar-refractivity contribution in [2.24, 2.45) is 0 Å². The number of non-ortho nitro benzene ring substituents is 1. The van der Waals surface area contributed by atoms with Crippen LogP contribution in [-0.4, -0.2) is 30.5 Å². The van der Waals surface area contributed by atoms with Gasteiger partial charge in [-0.15, -0.1) is 0 Å². The van der Waals surface area contributed by atoms with E-state index in [1.165, 1.54) is 25.5 Å². The molecule has 9 nitrogen and oxygen atoms in total. The smallest absolute Gasteiger partial charge is 0.342 e. The van der Waals surface area contributed by atoms with E-state index >= 15 is 0 Å². The number of carbonyl (C=O) groups is 2. The summed E-state index contributed by atoms with van der Waals surface area (Å²) in [6, 6.07) is 6.51. The summed E-state index contributed by atoms with van der Waals surface area (Å²) in [5.41, 5.74) is -0.424. The Morgan fingerprint density at radius 3 is 2.72 bits per heavy atom. The molecular weight excluding hydrogens is 332 g/mol. The van der Waals surface area contributed by atoms with Gasteiger partial charge in [0.2, 0.25) is 0 Å². The highest BCUT2D eigenvalue weighted by Crippen LogP contribution is 2.24. The SMILES string of the molecule is COc1ccc([N+](=O)[O-])cc1C(=O)OCC(=O)N[C@H](C)c1ccco1. The van der Waals surface area contributed by atoms with Crippen molar-refractivity contribution >= 4 is 17.6 Å². The van der Waals surface area contributed by atoms with Crippen molar-refractivity contribution in [1.29, 1.82) is 0 Å². The number of ether oxygens (including phenoxy) is 2. The molecule has 0 saturated carbocycles. The summed E-state index contributed by atoms with van der Waals surface area (Å²) in [6.45, 7) is 1.16. The fourth-order valence-electron chi connectivity index (χ4n) is 2.07. The number of nitro benzene ring substituents is 1. The minimum Gasteiger partial charge on any atom is -0.496 e. The molecule has 1 atom stereocenters. The van der Waals surface area contributed by atoms with Gasteiger partial charge in [-0.1, -0.05) is 0 Å². The number of nitrogens with zero attached hydrogens (tertiary/aromatic N) is 1. The van der Waals surface area contributed by atoms with Crippen LogP contribution < -0.4 is 10.1 Å². The molecule has 0 aliphatic rings. The Morgan fingerprint density at radius 2 is 2.12 bits per heavy atom. The first kappa shape index (κ1) is 18.0. The molecule has 0 spiro atoms. The van der Waals surface area contributed by atoms with Crippen LogP contribution in [0.2, 0.25) is 0 Å². The van der Waals surface area contributed by atoms with E-state index in [0.717, 1.165) is 6.07 Å². The fourth-order valence-corrected chi connectivity index (χ4v) is 2.07. The van der Waals surface area contributed by atoms with E-state index in [0.29, 0.717) is 5.76 Å². The predicted molar refractivity (Wildman–Crippen MR) is 85.2 cm³/mol. The predicted octanol–water partition coefficient (Wildman–Crippen LogP) is 2.23. The molecule has 9 heteroatoms. The number of carbonyl (C=O) groups excluding carboxylic acids is 2. The maximum Gasteiger partial charge on any atom is 0.342 e. The third-order valence-electron chi connectivity index (χ3n) is 3.30. The van der Waals surface area contributed by atoms with Gasteiger partial charge in [0, 0.05) is 12.1 Å². The van der Waals surface area contributed by atoms with Crippen LogP contribution in [0.25, 0.3) is 0 Å². The molecule has 1 aromatic carbocycles. The fraction of sp³-hybridized carbons (Fsp3) is 0.250. The average Bonchev–Trinajstić information content (AvgIpc) is 3.13. The minimum atomic E-state index is -0.902. The monoisotopic (exact) mass is 348 g/mol. The number of amides is 1. The van der Waals surface area contributed by atoms with Crippen molar-refractivity contribution < 1.29 is 28.4 Å². The third kappa shape index (κ3) is 4.56. The Morgan fingerprint density at radius 1 is 1.36 bits per heavy atom. The lowest BCUT2D eigenvalue weighted by molar-refractivity contribution is -0.384. The van der Waals surface area contributed by atoms with Crippen molar-refractivity contribution in [2.75, 3.05) is 13.7 Å². The Labute approximate surface area is 142 Å². The van der Waals surface area contributed by atoms with Gasteiger partial charge in [0.25, 0.3) is 11.6 Å². The van der Waals surface area contributed by atoms with Gasteiger partial charge >= 0.3 is 5.97 Å². The molecule has 0 bridgehead atoms. The highest BCUT2D eigenvalue weighted by atomic mass is 16.6. The van der Waals surface area contributed by atoms with E-state index in [2.05, 4.69) is 5.32 Å². The van der Waals surface area contributed by atoms with Crippen LogP contribution >= 0.6 is 0 Å². The van der Waals surface area contributed by atoms with Crippen LogP contribution in [-0.2, 0) is 9.53 Å². The van der Waals surface area contributed by atoms with Crippen molar-refractivity contribution in [3.05, 3.63) is 58.0 Å². The first-order valence-corrected chi connectivity index (χ1v) is 7.24. The number of hydrogen-bond donors (Lipinski definition) is 1. The Bertz CT molecular complexity index is 771. The second-order valence-corrected chi connectivity index (χ2v) is 5.02. The maximum absolute atomic E-state index is 12.1. The normalized spacial score (nSPS) is 11.4. The van der Waals surface area contributed by atoms with Crippen molar-refractivity contribution in [3.8, 4) is 5.75 Å². The topological polar surface area (TPSA) is 121 Å². The zero-order valence-corrected chi connectivity index (χ0v) is 13.6. The number of methoxy groups -OCH3 is 1. The number of nitro groups is 1. The number of esters is 1. The van der Waals surface area contributed by atoms with Gasteiger partial charge in [-0.2, -0.15) is 0 Å². The zero-order chi connectivity index (χ0) is 18.4. The lowest BCUT2D eigenvalue weighted by Gasteiger charge is -2.12. The standard InChI is InChI=1S/C16H16N2O7/c1-10(13-4-3-7-24-13)17-15(19)9-25-16(20)12-8-11(18(21)22)5-6-14(12)23-2/h3-8,10H,9H2,1-2H3,(H,17,19)/t10-/m1/s1. The second kappa shape index (κ2) is 7.95. The number of rotatable bonds is 7. The number of nitrogens with one attached hydrogen (secondary N) is 1. The first-order valence-electron chi connectivity index (χ1n) is 7.24. The molecule has 1 N–H and O–H groups in total. The molecule has 0 unspecified atom stereocenters. The van der Waals surface area contributed by atoms with E-state index in [9.17, 15) is 19.7 Å². The van der Waals surface area contributed by atoms with Crippen LogP contribution in [0.3, 0.4) is 0 Å². The van der Waals surface area contributed by atoms with E-state index in [-0.39, 0.29) is 17.0 Å². The van der Waals surface area contributed by atoms with E-state index < -0.39 is 29.4 Å². The number of furan rings is 1. The molecule has 25 heavy (non-hydrogen) atoms. The molecule has 0 aliphatic heterocycles. The van der Waals surface area contributed by atoms with Crippen LogP contribution in [0.15, 0.2) is 41.0 Å². The van der Waals surface area contributed by atoms with Crippen LogP contribution in [0.5, 0.6) is 5.75 Å². The van der Waals surface area contributed by atoms with Gasteiger partial charge in [0.1, 0.15) is 17.1 Å². The molecule has 1 heterocycles. The van der Waals surface area contributed by atoms with Gasteiger partial charge in [-0.25, -0.2) is 4.79 Å². The van der Waals surface area contributed by atoms with Crippen molar-refractivity contribution in [3.63, 3.8) is 0 Å². The summed E-state index contributed by atoms with van der Waals surface area (Å²) >= 11 is 0. The number of benzene rings is 1. The van der Waals surface area contributed by atoms with Crippen LogP contribution in [0, 0.1) is 10.1 Å². The molecule has 1 aromatic heterocycles. The molecule has 132 valence electrons. The van der Waals surface area contributed by atoms with Crippen LogP contribution in [0.1, 0.15) is 29.1 Å². The van der Waals surface area contributed by atoms with Gasteiger partial charge in [-0.3, -0.25) is 14.9 Å². The lowest BCUT2D eigenvalue weighted by Crippen LogP contribution is -2.31. The quantitative estimate of drug-likeness (QED) is 0.462. The Hall–Kier alpha value is -3.36. The van der Waals surface area contributed by atoms with Gasteiger partial charge in [-0.05, 0) is 25.1 Å². The van der Waals surface area contributed by atoms with Gasteiger partial charge < -0.3 is 19.2 Å². The highest BCUT2D eigenvalue weighted by Gasteiger charge is 2.20. The second-order valence-electron chi connectivity index (χ2n) is 5.02. The molecular formula is C16H16N2O7. The van der Waals surface area contributed by atoms with Crippen molar-refractivity contribution in [1.82, 2.24) is 5.32 Å². The molecule has 0 radical (unpaired) electrons. The van der Waals surface area contributed by atoms with Crippen molar-refractivity contribution in [2.45, 2.75) is 13.0 Å². The lowest BCUT2D eigenvalue weighted by atomic mass is 10.2. The number of hydrogen-bond acceptors (Lipinski definition) is 7. The van der Waals surface area contributed by atoms with E-state index in [1.54, 1.807) is 19.1 Å². The zero-order valence-electron chi connectivity index (χ0n) is 13.6. The molecule has 0 saturated heterocycles. The summed E-state index contributed by atoms with van der Waals surface area (Å²) in [6.07, 6.45) is 1.48. The average molecular weight is 348 g/mol. The largest absolute Gasteiger partial charge is 0.496 e. The van der Waals surface area contributed by atoms with E-state index in [4.69, 9.17) is 13.9 Å².